The van der Waals surface area contributed by atoms with Crippen molar-refractivity contribution in [1.82, 2.24) is 4.90 Å². The van der Waals surface area contributed by atoms with Crippen molar-refractivity contribution in [2.75, 3.05) is 26.1 Å². The van der Waals surface area contributed by atoms with Crippen LogP contribution in [-0.2, 0) is 32.4 Å². The number of nitrogens with zero attached hydrogens (tertiary/aromatic N) is 1. The van der Waals surface area contributed by atoms with Crippen molar-refractivity contribution >= 4 is 38.9 Å². The van der Waals surface area contributed by atoms with Crippen LogP contribution in [0.25, 0.3) is 0 Å². The number of carbonyl (C=O) groups is 1. The second-order valence-corrected chi connectivity index (χ2v) is 14.2. The van der Waals surface area contributed by atoms with Crippen molar-refractivity contribution in [1.29, 1.82) is 0 Å². The summed E-state index contributed by atoms with van der Waals surface area (Å²) in [5.74, 6) is -1.58. The number of aliphatic hydroxyl groups is 3. The molecule has 1 amide bonds. The molecule has 5 rings (SSSR count). The number of fused-ring (bicyclic) bond motifs is 1. The highest BCUT2D eigenvalue weighted by Gasteiger charge is 2.56. The third kappa shape index (κ3) is 5.34. The van der Waals surface area contributed by atoms with Crippen molar-refractivity contribution < 1.29 is 37.7 Å². The van der Waals surface area contributed by atoms with Gasteiger partial charge in [-0.05, 0) is 67.3 Å². The first-order valence-electron chi connectivity index (χ1n) is 13.2. The maximum atomic E-state index is 16.4. The van der Waals surface area contributed by atoms with Crippen LogP contribution in [0.15, 0.2) is 59.5 Å². The molecule has 2 atom stereocenters. The number of hydrogen-bond donors (Lipinski definition) is 3. The number of carbonyl (C=O) groups excluding carboxylic acids is 1. The molecule has 42 heavy (non-hydrogen) atoms. The number of halogens is 3. The molecule has 0 aromatic heterocycles. The lowest BCUT2D eigenvalue weighted by Gasteiger charge is -2.40. The summed E-state index contributed by atoms with van der Waals surface area (Å²) in [4.78, 5) is 15.4. The van der Waals surface area contributed by atoms with Gasteiger partial charge in [0.25, 0.3) is 5.91 Å². The van der Waals surface area contributed by atoms with Crippen LogP contribution in [0, 0.1) is 11.2 Å². The third-order valence-corrected chi connectivity index (χ3v) is 9.75. The fourth-order valence-electron chi connectivity index (χ4n) is 5.29. The number of hydrogen-bond acceptors (Lipinski definition) is 7. The summed E-state index contributed by atoms with van der Waals surface area (Å²) in [6.07, 6.45) is 2.35. The lowest BCUT2D eigenvalue weighted by atomic mass is 9.88. The predicted molar refractivity (Wildman–Crippen MR) is 154 cm³/mol. The average molecular weight is 639 g/mol. The first-order valence-corrected chi connectivity index (χ1v) is 15.8. The van der Waals surface area contributed by atoms with Crippen molar-refractivity contribution in [2.24, 2.45) is 5.41 Å². The van der Waals surface area contributed by atoms with Gasteiger partial charge >= 0.3 is 0 Å². The van der Waals surface area contributed by atoms with Crippen molar-refractivity contribution in [3.05, 3.63) is 98.3 Å². The van der Waals surface area contributed by atoms with E-state index < -0.39 is 44.9 Å². The van der Waals surface area contributed by atoms with E-state index in [-0.39, 0.29) is 51.9 Å². The lowest BCUT2D eigenvalue weighted by molar-refractivity contribution is -0.130. The van der Waals surface area contributed by atoms with E-state index in [4.69, 9.17) is 27.9 Å². The molecule has 2 aliphatic rings. The Bertz CT molecular complexity index is 1660. The van der Waals surface area contributed by atoms with Gasteiger partial charge in [0.05, 0.1) is 42.4 Å². The van der Waals surface area contributed by atoms with Gasteiger partial charge in [0.2, 0.25) is 0 Å². The number of amides is 1. The summed E-state index contributed by atoms with van der Waals surface area (Å²) in [5, 5.41) is 31.1. The Morgan fingerprint density at radius 1 is 1.05 bits per heavy atom. The minimum Gasteiger partial charge on any atom is -0.396 e. The van der Waals surface area contributed by atoms with E-state index in [0.29, 0.717) is 23.4 Å². The molecule has 0 radical (unpaired) electrons. The zero-order valence-electron chi connectivity index (χ0n) is 22.9. The smallest absolute Gasteiger partial charge is 0.257 e. The summed E-state index contributed by atoms with van der Waals surface area (Å²) in [5.41, 5.74) is -4.09. The van der Waals surface area contributed by atoms with Crippen LogP contribution in [0.5, 0.6) is 0 Å². The van der Waals surface area contributed by atoms with Crippen molar-refractivity contribution in [3.63, 3.8) is 0 Å². The number of sulfone groups is 1. The van der Waals surface area contributed by atoms with Crippen LogP contribution in [0.1, 0.15) is 52.4 Å². The van der Waals surface area contributed by atoms with Gasteiger partial charge < -0.3 is 20.1 Å². The molecule has 1 fully saturated rings. The fourth-order valence-corrected chi connectivity index (χ4v) is 6.61. The van der Waals surface area contributed by atoms with Gasteiger partial charge in [0, 0.05) is 27.3 Å². The zero-order chi connectivity index (χ0) is 30.7. The van der Waals surface area contributed by atoms with Gasteiger partial charge in [-0.2, -0.15) is 0 Å². The standard InChI is InChI=1S/C30H30Cl2FNO7S/c1-28(38,15-35)20-11-23-26(24(33)12-20)30(19-4-7-21(31)8-5-19,41-17-29(16-36)9-10-29)34(27(23)37)14-18-3-6-22(32)13-25(18)42(2,39)40/h3-8,11-13,35-36,38H,9-10,14-17H2,1-2H3/t28?,30-/m1/s1. The summed E-state index contributed by atoms with van der Waals surface area (Å²) >= 11 is 12.3. The molecule has 0 saturated heterocycles. The molecule has 3 N–H and O–H groups in total. The summed E-state index contributed by atoms with van der Waals surface area (Å²) in [7, 11) is -3.81. The van der Waals surface area contributed by atoms with Gasteiger partial charge in [0.1, 0.15) is 11.4 Å². The maximum Gasteiger partial charge on any atom is 0.257 e. The molecule has 3 aromatic rings. The molecule has 1 saturated carbocycles. The van der Waals surface area contributed by atoms with E-state index in [1.807, 2.05) is 0 Å². The quantitative estimate of drug-likeness (QED) is 0.301. The first-order chi connectivity index (χ1) is 19.7. The fraction of sp³-hybridized carbons (Fsp3) is 0.367. The highest BCUT2D eigenvalue weighted by molar-refractivity contribution is 7.90. The van der Waals surface area contributed by atoms with E-state index in [9.17, 15) is 28.5 Å². The summed E-state index contributed by atoms with van der Waals surface area (Å²) < 4.78 is 48.4. The van der Waals surface area contributed by atoms with Gasteiger partial charge in [-0.15, -0.1) is 0 Å². The van der Waals surface area contributed by atoms with Gasteiger partial charge in [-0.25, -0.2) is 12.8 Å². The normalized spacial score (nSPS) is 20.9. The molecule has 224 valence electrons. The molecule has 1 unspecified atom stereocenters. The van der Waals surface area contributed by atoms with Crippen LogP contribution in [0.3, 0.4) is 0 Å². The SMILES string of the molecule is CC(O)(CO)c1cc(F)c2c(c1)C(=O)N(Cc1ccc(Cl)cc1S(C)(=O)=O)[C@@]2(OCC1(CO)CC1)c1ccc(Cl)cc1. The number of rotatable bonds is 10. The van der Waals surface area contributed by atoms with Crippen LogP contribution in [0.2, 0.25) is 10.0 Å². The lowest BCUT2D eigenvalue weighted by Crippen LogP contribution is -2.48. The molecule has 1 heterocycles. The predicted octanol–water partition coefficient (Wildman–Crippen LogP) is 4.38. The number of benzene rings is 3. The van der Waals surface area contributed by atoms with Crippen molar-refractivity contribution in [2.45, 2.75) is 42.5 Å². The van der Waals surface area contributed by atoms with E-state index in [1.54, 1.807) is 24.3 Å². The molecular formula is C30H30Cl2FNO7S. The average Bonchev–Trinajstić information content (AvgIpc) is 3.69. The largest absolute Gasteiger partial charge is 0.396 e. The Balaban J connectivity index is 1.79. The number of aliphatic hydroxyl groups excluding tert-OH is 2. The van der Waals surface area contributed by atoms with Gasteiger partial charge in [-0.1, -0.05) is 41.4 Å². The minimum absolute atomic E-state index is 0.0289. The highest BCUT2D eigenvalue weighted by atomic mass is 35.5. The van der Waals surface area contributed by atoms with E-state index in [0.717, 1.165) is 12.3 Å². The zero-order valence-corrected chi connectivity index (χ0v) is 25.2. The van der Waals surface area contributed by atoms with Crippen LogP contribution >= 0.6 is 23.2 Å². The Hall–Kier alpha value is -2.57. The highest BCUT2D eigenvalue weighted by Crippen LogP contribution is 2.52. The molecule has 0 bridgehead atoms. The Morgan fingerprint density at radius 2 is 1.69 bits per heavy atom. The molecule has 8 nitrogen and oxygen atoms in total. The second kappa shape index (κ2) is 10.9. The molecule has 3 aromatic carbocycles. The monoisotopic (exact) mass is 637 g/mol. The van der Waals surface area contributed by atoms with E-state index >= 15 is 4.39 Å². The summed E-state index contributed by atoms with van der Waals surface area (Å²) in [6.45, 7) is 0.0140. The van der Waals surface area contributed by atoms with Gasteiger partial charge in [0.15, 0.2) is 15.6 Å². The molecular weight excluding hydrogens is 608 g/mol. The number of ether oxygens (including phenoxy) is 1. The van der Waals surface area contributed by atoms with Crippen LogP contribution < -0.4 is 0 Å². The van der Waals surface area contributed by atoms with E-state index in [2.05, 4.69) is 0 Å². The Morgan fingerprint density at radius 3 is 2.26 bits per heavy atom. The molecule has 1 aliphatic heterocycles. The van der Waals surface area contributed by atoms with Crippen LogP contribution in [0.4, 0.5) is 4.39 Å². The Kier molecular flexibility index (Phi) is 7.98. The molecule has 12 heteroatoms. The first kappa shape index (κ1) is 30.9. The summed E-state index contributed by atoms with van der Waals surface area (Å²) in [6, 6.07) is 12.9. The molecule has 0 spiro atoms. The van der Waals surface area contributed by atoms with Gasteiger partial charge in [-0.3, -0.25) is 9.69 Å². The minimum atomic E-state index is -3.81. The van der Waals surface area contributed by atoms with Crippen LogP contribution in [-0.4, -0.2) is 60.6 Å². The maximum absolute atomic E-state index is 16.4. The third-order valence-electron chi connectivity index (χ3n) is 8.09. The Labute approximate surface area is 253 Å². The molecule has 1 aliphatic carbocycles. The van der Waals surface area contributed by atoms with E-state index in [1.165, 1.54) is 36.1 Å². The van der Waals surface area contributed by atoms with Crippen molar-refractivity contribution in [3.8, 4) is 0 Å². The second-order valence-electron chi connectivity index (χ2n) is 11.3. The topological polar surface area (TPSA) is 124 Å².